The van der Waals surface area contributed by atoms with Crippen molar-refractivity contribution in [2.24, 2.45) is 0 Å². The van der Waals surface area contributed by atoms with Gasteiger partial charge in [-0.3, -0.25) is 0 Å². The molecule has 0 saturated carbocycles. The SMILES string of the molecule is CCN/C(Br)=C(\C=N)Cc1cncn1-c1ccc(F)cc1I. The van der Waals surface area contributed by atoms with E-state index in [2.05, 4.69) is 48.8 Å². The topological polar surface area (TPSA) is 53.7 Å². The first-order valence-electron chi connectivity index (χ1n) is 6.66. The summed E-state index contributed by atoms with van der Waals surface area (Å²) in [5.74, 6) is -0.259. The minimum absolute atomic E-state index is 0.259. The second-order valence-corrected chi connectivity index (χ2v) is 6.50. The molecule has 1 heterocycles. The van der Waals surface area contributed by atoms with E-state index in [4.69, 9.17) is 5.41 Å². The molecule has 2 aromatic rings. The zero-order chi connectivity index (χ0) is 16.1. The van der Waals surface area contributed by atoms with Gasteiger partial charge in [-0.2, -0.15) is 0 Å². The molecule has 0 atom stereocenters. The number of rotatable bonds is 6. The van der Waals surface area contributed by atoms with Crippen LogP contribution in [0.25, 0.3) is 5.69 Å². The van der Waals surface area contributed by atoms with E-state index in [1.54, 1.807) is 18.6 Å². The molecule has 0 saturated heterocycles. The van der Waals surface area contributed by atoms with E-state index in [0.717, 1.165) is 31.7 Å². The fraction of sp³-hybridized carbons (Fsp3) is 0.200. The third kappa shape index (κ3) is 3.95. The predicted molar refractivity (Wildman–Crippen MR) is 98.4 cm³/mol. The van der Waals surface area contributed by atoms with Crippen molar-refractivity contribution in [1.29, 1.82) is 5.41 Å². The molecule has 0 radical (unpaired) electrons. The van der Waals surface area contributed by atoms with Crippen molar-refractivity contribution in [3.63, 3.8) is 0 Å². The molecule has 4 nitrogen and oxygen atoms in total. The number of allylic oxidation sites excluding steroid dienone is 1. The third-order valence-electron chi connectivity index (χ3n) is 3.04. The molecule has 1 aromatic heterocycles. The van der Waals surface area contributed by atoms with Gasteiger partial charge < -0.3 is 15.3 Å². The summed E-state index contributed by atoms with van der Waals surface area (Å²) in [5.41, 5.74) is 2.62. The average Bonchev–Trinajstić information content (AvgIpc) is 2.93. The van der Waals surface area contributed by atoms with E-state index in [-0.39, 0.29) is 5.82 Å². The van der Waals surface area contributed by atoms with Crippen molar-refractivity contribution in [1.82, 2.24) is 14.9 Å². The smallest absolute Gasteiger partial charge is 0.124 e. The molecular weight excluding hydrogens is 462 g/mol. The Morgan fingerprint density at radius 1 is 1.55 bits per heavy atom. The van der Waals surface area contributed by atoms with Crippen LogP contribution in [0.1, 0.15) is 12.6 Å². The number of nitrogens with one attached hydrogen (secondary N) is 2. The zero-order valence-electron chi connectivity index (χ0n) is 11.9. The van der Waals surface area contributed by atoms with Crippen molar-refractivity contribution in [3.05, 3.63) is 56.0 Å². The van der Waals surface area contributed by atoms with Gasteiger partial charge in [-0.25, -0.2) is 9.37 Å². The monoisotopic (exact) mass is 476 g/mol. The number of nitrogens with zero attached hydrogens (tertiary/aromatic N) is 2. The van der Waals surface area contributed by atoms with Crippen LogP contribution in [0.15, 0.2) is 40.9 Å². The number of aromatic nitrogens is 2. The Kier molecular flexibility index (Phi) is 6.13. The number of hydrogen-bond acceptors (Lipinski definition) is 3. The van der Waals surface area contributed by atoms with E-state index in [0.29, 0.717) is 6.42 Å². The minimum Gasteiger partial charge on any atom is -0.379 e. The first-order valence-corrected chi connectivity index (χ1v) is 8.53. The highest BCUT2D eigenvalue weighted by molar-refractivity contribution is 14.1. The van der Waals surface area contributed by atoms with Gasteiger partial charge in [0.05, 0.1) is 16.6 Å². The molecule has 0 aliphatic rings. The zero-order valence-corrected chi connectivity index (χ0v) is 15.7. The summed E-state index contributed by atoms with van der Waals surface area (Å²) in [7, 11) is 0. The molecule has 1 aromatic carbocycles. The molecule has 0 aliphatic heterocycles. The third-order valence-corrected chi connectivity index (χ3v) is 4.70. The summed E-state index contributed by atoms with van der Waals surface area (Å²) in [6.07, 6.45) is 5.33. The van der Waals surface area contributed by atoms with Crippen molar-refractivity contribution in [2.45, 2.75) is 13.3 Å². The molecule has 0 amide bonds. The van der Waals surface area contributed by atoms with Crippen LogP contribution in [0.5, 0.6) is 0 Å². The van der Waals surface area contributed by atoms with E-state index >= 15 is 0 Å². The largest absolute Gasteiger partial charge is 0.379 e. The summed E-state index contributed by atoms with van der Waals surface area (Å²) in [4.78, 5) is 4.19. The van der Waals surface area contributed by atoms with Crippen molar-refractivity contribution >= 4 is 44.7 Å². The van der Waals surface area contributed by atoms with Crippen LogP contribution in [-0.2, 0) is 6.42 Å². The Balaban J connectivity index is 2.37. The second-order valence-electron chi connectivity index (χ2n) is 4.54. The van der Waals surface area contributed by atoms with E-state index < -0.39 is 0 Å². The molecule has 2 rings (SSSR count). The normalized spacial score (nSPS) is 12.0. The maximum atomic E-state index is 13.3. The maximum absolute atomic E-state index is 13.3. The molecule has 7 heteroatoms. The van der Waals surface area contributed by atoms with Crippen molar-refractivity contribution in [3.8, 4) is 5.69 Å². The number of imidazole rings is 1. The molecule has 0 bridgehead atoms. The lowest BCUT2D eigenvalue weighted by Gasteiger charge is -2.12. The molecule has 22 heavy (non-hydrogen) atoms. The molecule has 0 unspecified atom stereocenters. The van der Waals surface area contributed by atoms with Gasteiger partial charge in [-0.1, -0.05) is 0 Å². The first kappa shape index (κ1) is 17.1. The van der Waals surface area contributed by atoms with Crippen molar-refractivity contribution < 1.29 is 4.39 Å². The quantitative estimate of drug-likeness (QED) is 0.376. The van der Waals surface area contributed by atoms with Gasteiger partial charge >= 0.3 is 0 Å². The summed E-state index contributed by atoms with van der Waals surface area (Å²) < 4.78 is 16.8. The number of hydrogen-bond donors (Lipinski definition) is 2. The van der Waals surface area contributed by atoms with Gasteiger partial charge in [0.25, 0.3) is 0 Å². The van der Waals surface area contributed by atoms with Crippen LogP contribution in [-0.4, -0.2) is 22.3 Å². The van der Waals surface area contributed by atoms with Crippen molar-refractivity contribution in [2.75, 3.05) is 6.54 Å². The summed E-state index contributed by atoms with van der Waals surface area (Å²) in [6, 6.07) is 4.65. The Labute approximate surface area is 150 Å². The van der Waals surface area contributed by atoms with E-state index in [1.807, 2.05) is 11.5 Å². The van der Waals surface area contributed by atoms with Crippen LogP contribution >= 0.6 is 38.5 Å². The molecule has 0 fully saturated rings. The van der Waals surface area contributed by atoms with Crippen LogP contribution in [0.3, 0.4) is 0 Å². The number of halogens is 3. The van der Waals surface area contributed by atoms with Crippen LogP contribution in [0.4, 0.5) is 4.39 Å². The molecule has 0 spiro atoms. The van der Waals surface area contributed by atoms with Gasteiger partial charge in [-0.05, 0) is 63.6 Å². The highest BCUT2D eigenvalue weighted by Gasteiger charge is 2.11. The Hall–Kier alpha value is -1.22. The lowest BCUT2D eigenvalue weighted by atomic mass is 10.1. The predicted octanol–water partition coefficient (Wildman–Crippen LogP) is 4.02. The standard InChI is InChI=1S/C15H15BrFIN4/c1-2-21-15(16)10(7-19)5-12-8-20-9-22(12)14-4-3-11(17)6-13(14)18/h3-4,6-9,19,21H,2,5H2,1H3/b15-10-,19-7?. The van der Waals surface area contributed by atoms with E-state index in [9.17, 15) is 4.39 Å². The fourth-order valence-corrected chi connectivity index (χ4v) is 3.27. The second kappa shape index (κ2) is 7.87. The van der Waals surface area contributed by atoms with Gasteiger partial charge in [-0.15, -0.1) is 0 Å². The maximum Gasteiger partial charge on any atom is 0.124 e. The molecule has 116 valence electrons. The summed E-state index contributed by atoms with van der Waals surface area (Å²) in [6.45, 7) is 2.76. The summed E-state index contributed by atoms with van der Waals surface area (Å²) >= 11 is 5.56. The number of benzene rings is 1. The van der Waals surface area contributed by atoms with Gasteiger partial charge in [0.15, 0.2) is 0 Å². The van der Waals surface area contributed by atoms with Crippen LogP contribution < -0.4 is 5.32 Å². The van der Waals surface area contributed by atoms with E-state index in [1.165, 1.54) is 18.3 Å². The fourth-order valence-electron chi connectivity index (χ4n) is 2.00. The molecular formula is C15H15BrFIN4. The Morgan fingerprint density at radius 2 is 2.32 bits per heavy atom. The Bertz CT molecular complexity index is 711. The highest BCUT2D eigenvalue weighted by atomic mass is 127. The van der Waals surface area contributed by atoms with Gasteiger partial charge in [0.2, 0.25) is 0 Å². The average molecular weight is 477 g/mol. The van der Waals surface area contributed by atoms with Gasteiger partial charge in [0.1, 0.15) is 5.82 Å². The Morgan fingerprint density at radius 3 is 2.95 bits per heavy atom. The first-order chi connectivity index (χ1) is 10.6. The lowest BCUT2D eigenvalue weighted by molar-refractivity contribution is 0.626. The highest BCUT2D eigenvalue weighted by Crippen LogP contribution is 2.22. The summed E-state index contributed by atoms with van der Waals surface area (Å²) in [5, 5.41) is 10.7. The molecule has 2 N–H and O–H groups in total. The lowest BCUT2D eigenvalue weighted by Crippen LogP contribution is -2.12. The van der Waals surface area contributed by atoms with Crippen LogP contribution in [0, 0.1) is 14.8 Å². The van der Waals surface area contributed by atoms with Gasteiger partial charge in [0, 0.05) is 40.2 Å². The minimum atomic E-state index is -0.259. The van der Waals surface area contributed by atoms with Crippen LogP contribution in [0.2, 0.25) is 0 Å². The molecule has 0 aliphatic carbocycles.